The fourth-order valence-electron chi connectivity index (χ4n) is 3.90. The van der Waals surface area contributed by atoms with Crippen LogP contribution in [0, 0.1) is 5.92 Å². The summed E-state index contributed by atoms with van der Waals surface area (Å²) in [6.45, 7) is 0.0686. The molecule has 0 saturated carbocycles. The zero-order chi connectivity index (χ0) is 22.3. The van der Waals surface area contributed by atoms with Crippen molar-refractivity contribution in [3.63, 3.8) is 0 Å². The highest BCUT2D eigenvalue weighted by molar-refractivity contribution is 6.33. The lowest BCUT2D eigenvalue weighted by Crippen LogP contribution is -2.39. The van der Waals surface area contributed by atoms with E-state index in [1.165, 1.54) is 5.06 Å². The second-order valence-corrected chi connectivity index (χ2v) is 7.67. The number of fused-ring (bicyclic) bond motifs is 1. The lowest BCUT2D eigenvalue weighted by molar-refractivity contribution is -0.169. The van der Waals surface area contributed by atoms with Gasteiger partial charge in [0, 0.05) is 26.3 Å². The number of anilines is 1. The number of carbonyl (C=O) groups excluding carboxylic acids is 2. The smallest absolute Gasteiger partial charge is 0.367 e. The van der Waals surface area contributed by atoms with Gasteiger partial charge in [-0.1, -0.05) is 41.9 Å². The van der Waals surface area contributed by atoms with Crippen LogP contribution >= 0.6 is 11.6 Å². The van der Waals surface area contributed by atoms with Crippen molar-refractivity contribution in [1.82, 2.24) is 14.9 Å². The van der Waals surface area contributed by atoms with Gasteiger partial charge in [-0.3, -0.25) is 19.3 Å². The van der Waals surface area contributed by atoms with Crippen LogP contribution < -0.4 is 5.32 Å². The number of hydrogen-bond acceptors (Lipinski definition) is 6. The summed E-state index contributed by atoms with van der Waals surface area (Å²) < 4.78 is 38.2. The molecule has 3 atom stereocenters. The van der Waals surface area contributed by atoms with E-state index in [0.717, 1.165) is 16.5 Å². The first kappa shape index (κ1) is 21.5. The minimum Gasteiger partial charge on any atom is -0.367 e. The number of hydrogen-bond donors (Lipinski definition) is 1. The Balaban J connectivity index is 1.43. The monoisotopic (exact) mass is 454 g/mol. The van der Waals surface area contributed by atoms with Gasteiger partial charge in [-0.25, -0.2) is 4.98 Å². The SMILES string of the molecule is CN1O[C@H]2C(=O)N(CCNc3ncc(C(F)(F)F)cc3Cl)C(=O)[C@@H]2[C@@H]1c1ccccc1. The largest absolute Gasteiger partial charge is 0.417 e. The molecular weight excluding hydrogens is 437 g/mol. The normalized spacial score (nSPS) is 24.0. The molecule has 31 heavy (non-hydrogen) atoms. The average Bonchev–Trinajstić information content (AvgIpc) is 3.18. The van der Waals surface area contributed by atoms with Crippen molar-refractivity contribution in [2.45, 2.75) is 18.3 Å². The molecule has 7 nitrogen and oxygen atoms in total. The summed E-state index contributed by atoms with van der Waals surface area (Å²) in [4.78, 5) is 36.2. The minimum atomic E-state index is -4.55. The molecule has 2 aromatic rings. The molecule has 0 spiro atoms. The van der Waals surface area contributed by atoms with Crippen LogP contribution in [-0.2, 0) is 20.6 Å². The predicted molar refractivity (Wildman–Crippen MR) is 105 cm³/mol. The van der Waals surface area contributed by atoms with Gasteiger partial charge in [0.2, 0.25) is 5.91 Å². The quantitative estimate of drug-likeness (QED) is 0.700. The van der Waals surface area contributed by atoms with Crippen LogP contribution in [0.1, 0.15) is 17.2 Å². The van der Waals surface area contributed by atoms with E-state index in [1.54, 1.807) is 7.05 Å². The van der Waals surface area contributed by atoms with Crippen molar-refractivity contribution >= 4 is 29.2 Å². The number of pyridine rings is 1. The van der Waals surface area contributed by atoms with Crippen LogP contribution in [0.2, 0.25) is 5.02 Å². The number of alkyl halides is 3. The summed E-state index contributed by atoms with van der Waals surface area (Å²) in [6, 6.07) is 9.66. The third-order valence-electron chi connectivity index (χ3n) is 5.34. The molecule has 2 aliphatic rings. The first-order valence-electron chi connectivity index (χ1n) is 9.45. The zero-order valence-electron chi connectivity index (χ0n) is 16.3. The average molecular weight is 455 g/mol. The highest BCUT2D eigenvalue weighted by Crippen LogP contribution is 2.43. The van der Waals surface area contributed by atoms with Gasteiger partial charge < -0.3 is 5.32 Å². The summed E-state index contributed by atoms with van der Waals surface area (Å²) in [5, 5.41) is 4.09. The molecule has 2 aliphatic heterocycles. The van der Waals surface area contributed by atoms with Crippen LogP contribution in [0.3, 0.4) is 0 Å². The maximum atomic E-state index is 13.0. The van der Waals surface area contributed by atoms with Crippen molar-refractivity contribution in [2.24, 2.45) is 5.92 Å². The first-order valence-corrected chi connectivity index (χ1v) is 9.82. The van der Waals surface area contributed by atoms with Crippen LogP contribution in [-0.4, -0.2) is 53.0 Å². The highest BCUT2D eigenvalue weighted by Gasteiger charge is 2.58. The molecule has 0 radical (unpaired) electrons. The number of hydroxylamine groups is 2. The Labute approximate surface area is 180 Å². The number of benzene rings is 1. The molecule has 0 bridgehead atoms. The molecule has 164 valence electrons. The Bertz CT molecular complexity index is 1000. The van der Waals surface area contributed by atoms with Crippen molar-refractivity contribution in [1.29, 1.82) is 0 Å². The molecule has 0 unspecified atom stereocenters. The van der Waals surface area contributed by atoms with Gasteiger partial charge in [-0.05, 0) is 11.6 Å². The molecule has 2 saturated heterocycles. The zero-order valence-corrected chi connectivity index (χ0v) is 17.0. The molecule has 2 fully saturated rings. The molecule has 11 heteroatoms. The Hall–Kier alpha value is -2.69. The molecule has 2 amide bonds. The lowest BCUT2D eigenvalue weighted by atomic mass is 9.91. The van der Waals surface area contributed by atoms with E-state index >= 15 is 0 Å². The predicted octanol–water partition coefficient (Wildman–Crippen LogP) is 3.14. The van der Waals surface area contributed by atoms with E-state index in [1.807, 2.05) is 30.3 Å². The van der Waals surface area contributed by atoms with Gasteiger partial charge in [0.05, 0.1) is 22.5 Å². The third-order valence-corrected chi connectivity index (χ3v) is 5.62. The number of aromatic nitrogens is 1. The Kier molecular flexibility index (Phi) is 5.63. The van der Waals surface area contributed by atoms with E-state index in [4.69, 9.17) is 16.4 Å². The standard InChI is InChI=1S/C20H18ClF3N4O3/c1-27-15(11-5-3-2-4-6-11)14-16(31-27)19(30)28(18(14)29)8-7-25-17-13(21)9-12(10-26-17)20(22,23)24/h2-6,9-10,14-16H,7-8H2,1H3,(H,25,26)/t14-,15+,16-/m1/s1. The van der Waals surface area contributed by atoms with E-state index in [-0.39, 0.29) is 29.8 Å². The summed E-state index contributed by atoms with van der Waals surface area (Å²) in [6.07, 6.45) is -4.79. The van der Waals surface area contributed by atoms with Gasteiger partial charge in [-0.15, -0.1) is 0 Å². The molecule has 4 rings (SSSR count). The van der Waals surface area contributed by atoms with E-state index in [0.29, 0.717) is 6.20 Å². The van der Waals surface area contributed by atoms with Gasteiger partial charge in [0.1, 0.15) is 5.82 Å². The number of halogens is 4. The maximum Gasteiger partial charge on any atom is 0.417 e. The Morgan fingerprint density at radius 3 is 2.55 bits per heavy atom. The van der Waals surface area contributed by atoms with Crippen molar-refractivity contribution in [2.75, 3.05) is 25.5 Å². The summed E-state index contributed by atoms with van der Waals surface area (Å²) in [5.74, 6) is -1.45. The fourth-order valence-corrected chi connectivity index (χ4v) is 4.14. The Morgan fingerprint density at radius 1 is 1.19 bits per heavy atom. The van der Waals surface area contributed by atoms with Crippen molar-refractivity contribution < 1.29 is 27.6 Å². The summed E-state index contributed by atoms with van der Waals surface area (Å²) >= 11 is 5.87. The minimum absolute atomic E-state index is 0.00170. The highest BCUT2D eigenvalue weighted by atomic mass is 35.5. The number of nitrogens with zero attached hydrogens (tertiary/aromatic N) is 3. The van der Waals surface area contributed by atoms with Crippen molar-refractivity contribution in [3.8, 4) is 0 Å². The molecule has 1 N–H and O–H groups in total. The van der Waals surface area contributed by atoms with Crippen LogP contribution in [0.15, 0.2) is 42.6 Å². The van der Waals surface area contributed by atoms with Crippen LogP contribution in [0.25, 0.3) is 0 Å². The molecule has 3 heterocycles. The van der Waals surface area contributed by atoms with Gasteiger partial charge in [0.25, 0.3) is 5.91 Å². The van der Waals surface area contributed by atoms with E-state index in [9.17, 15) is 22.8 Å². The van der Waals surface area contributed by atoms with Crippen LogP contribution in [0.4, 0.5) is 19.0 Å². The van der Waals surface area contributed by atoms with Gasteiger partial charge in [-0.2, -0.15) is 18.2 Å². The first-order chi connectivity index (χ1) is 14.7. The van der Waals surface area contributed by atoms with Crippen molar-refractivity contribution in [3.05, 3.63) is 58.7 Å². The second kappa shape index (κ2) is 8.10. The Morgan fingerprint density at radius 2 is 1.90 bits per heavy atom. The second-order valence-electron chi connectivity index (χ2n) is 7.26. The topological polar surface area (TPSA) is 74.8 Å². The summed E-state index contributed by atoms with van der Waals surface area (Å²) in [7, 11) is 1.68. The number of nitrogens with one attached hydrogen (secondary N) is 1. The summed E-state index contributed by atoms with van der Waals surface area (Å²) in [5.41, 5.74) is -0.103. The molecule has 1 aromatic heterocycles. The molecular formula is C20H18ClF3N4O3. The number of likely N-dealkylation sites (tertiary alicyclic amines) is 1. The lowest BCUT2D eigenvalue weighted by Gasteiger charge is -2.24. The number of rotatable bonds is 5. The molecule has 1 aromatic carbocycles. The third kappa shape index (κ3) is 3.98. The van der Waals surface area contributed by atoms with Crippen LogP contribution in [0.5, 0.6) is 0 Å². The van der Waals surface area contributed by atoms with Gasteiger partial charge in [0.15, 0.2) is 6.10 Å². The number of amides is 2. The van der Waals surface area contributed by atoms with Gasteiger partial charge >= 0.3 is 6.18 Å². The maximum absolute atomic E-state index is 13.0. The van der Waals surface area contributed by atoms with E-state index in [2.05, 4.69) is 10.3 Å². The number of imide groups is 1. The van der Waals surface area contributed by atoms with E-state index < -0.39 is 35.7 Å². The fraction of sp³-hybridized carbons (Fsp3) is 0.350. The molecule has 0 aliphatic carbocycles. The number of carbonyl (C=O) groups is 2.